The SMILES string of the molecule is O=C1CCC(N2C(=O)c3ccc(N4CC(CN5CCC(C#Cc6ccc(Nc7ncc(F)c(N8CCC(CO)CC8)n7)cn6)CC5)C4)cc3C2=O)C(=O)N1. The highest BCUT2D eigenvalue weighted by atomic mass is 19.1. The van der Waals surface area contributed by atoms with Crippen molar-refractivity contribution in [3.63, 3.8) is 0 Å². The molecule has 0 radical (unpaired) electrons. The number of amides is 4. The summed E-state index contributed by atoms with van der Waals surface area (Å²) in [5.41, 5.74) is 2.82. The predicted molar refractivity (Wildman–Crippen MR) is 196 cm³/mol. The lowest BCUT2D eigenvalue weighted by Crippen LogP contribution is -2.54. The van der Waals surface area contributed by atoms with E-state index in [0.29, 0.717) is 47.4 Å². The van der Waals surface area contributed by atoms with Gasteiger partial charge in [0.25, 0.3) is 11.8 Å². The number of aliphatic hydroxyl groups excluding tert-OH is 1. The highest BCUT2D eigenvalue weighted by Crippen LogP contribution is 2.34. The molecule has 0 aliphatic carbocycles. The number of halogens is 1. The second-order valence-corrected chi connectivity index (χ2v) is 14.8. The summed E-state index contributed by atoms with van der Waals surface area (Å²) in [6.45, 7) is 6.05. The molecule has 3 aromatic rings. The average Bonchev–Trinajstić information content (AvgIpc) is 3.42. The summed E-state index contributed by atoms with van der Waals surface area (Å²) in [7, 11) is 0. The maximum atomic E-state index is 14.5. The van der Waals surface area contributed by atoms with Gasteiger partial charge in [0.15, 0.2) is 11.6 Å². The minimum atomic E-state index is -0.971. The van der Waals surface area contributed by atoms with Gasteiger partial charge in [0.2, 0.25) is 17.8 Å². The van der Waals surface area contributed by atoms with E-state index in [-0.39, 0.29) is 37.1 Å². The summed E-state index contributed by atoms with van der Waals surface area (Å²) in [6.07, 6.45) is 6.62. The van der Waals surface area contributed by atoms with E-state index < -0.39 is 35.5 Å². The van der Waals surface area contributed by atoms with E-state index in [1.54, 1.807) is 18.3 Å². The molecule has 0 saturated carbocycles. The van der Waals surface area contributed by atoms with Crippen LogP contribution in [0.4, 0.5) is 27.5 Å². The molecule has 5 aliphatic rings. The van der Waals surface area contributed by atoms with E-state index in [2.05, 4.69) is 47.2 Å². The molecule has 15 heteroatoms. The highest BCUT2D eigenvalue weighted by molar-refractivity contribution is 6.23. The van der Waals surface area contributed by atoms with E-state index in [1.807, 2.05) is 23.1 Å². The number of hydrogen-bond acceptors (Lipinski definition) is 12. The van der Waals surface area contributed by atoms with Gasteiger partial charge in [-0.25, -0.2) is 14.4 Å². The Balaban J connectivity index is 0.781. The lowest BCUT2D eigenvalue weighted by molar-refractivity contribution is -0.136. The van der Waals surface area contributed by atoms with E-state index in [9.17, 15) is 28.7 Å². The van der Waals surface area contributed by atoms with Gasteiger partial charge in [-0.2, -0.15) is 4.98 Å². The number of pyridine rings is 1. The molecule has 0 spiro atoms. The van der Waals surface area contributed by atoms with Crippen LogP contribution in [-0.2, 0) is 9.59 Å². The molecule has 54 heavy (non-hydrogen) atoms. The van der Waals surface area contributed by atoms with Crippen LogP contribution in [0.15, 0.2) is 42.7 Å². The van der Waals surface area contributed by atoms with Crippen LogP contribution in [-0.4, -0.2) is 112 Å². The Kier molecular flexibility index (Phi) is 9.95. The minimum absolute atomic E-state index is 0.0909. The van der Waals surface area contributed by atoms with Gasteiger partial charge in [-0.3, -0.25) is 29.4 Å². The molecule has 1 atom stereocenters. The Morgan fingerprint density at radius 1 is 0.870 bits per heavy atom. The number of nitrogens with zero attached hydrogens (tertiary/aromatic N) is 7. The number of fused-ring (bicyclic) bond motifs is 1. The largest absolute Gasteiger partial charge is 0.396 e. The van der Waals surface area contributed by atoms with Crippen LogP contribution in [0.5, 0.6) is 0 Å². The Hall–Kier alpha value is -5.46. The van der Waals surface area contributed by atoms with Gasteiger partial charge in [-0.1, -0.05) is 5.92 Å². The van der Waals surface area contributed by atoms with Crippen molar-refractivity contribution in [2.45, 2.75) is 44.6 Å². The molecule has 3 N–H and O–H groups in total. The van der Waals surface area contributed by atoms with Gasteiger partial charge in [-0.05, 0) is 87.4 Å². The number of likely N-dealkylation sites (tertiary alicyclic amines) is 1. The first-order chi connectivity index (χ1) is 26.2. The number of anilines is 4. The van der Waals surface area contributed by atoms with Crippen molar-refractivity contribution >= 4 is 46.8 Å². The van der Waals surface area contributed by atoms with Crippen molar-refractivity contribution in [2.24, 2.45) is 17.8 Å². The molecule has 8 rings (SSSR count). The smallest absolute Gasteiger partial charge is 0.262 e. The molecule has 1 aromatic carbocycles. The molecule has 7 heterocycles. The van der Waals surface area contributed by atoms with Crippen molar-refractivity contribution in [2.75, 3.05) is 67.5 Å². The first kappa shape index (κ1) is 35.6. The molecule has 0 bridgehead atoms. The summed E-state index contributed by atoms with van der Waals surface area (Å²) in [5.74, 6) is 5.75. The minimum Gasteiger partial charge on any atom is -0.396 e. The van der Waals surface area contributed by atoms with Crippen molar-refractivity contribution in [3.05, 3.63) is 65.4 Å². The molecule has 4 amide bonds. The Labute approximate surface area is 312 Å². The van der Waals surface area contributed by atoms with Crippen LogP contribution in [0.2, 0.25) is 0 Å². The van der Waals surface area contributed by atoms with E-state index >= 15 is 0 Å². The zero-order chi connectivity index (χ0) is 37.3. The first-order valence-corrected chi connectivity index (χ1v) is 18.7. The third kappa shape index (κ3) is 7.36. The van der Waals surface area contributed by atoms with Crippen molar-refractivity contribution in [1.29, 1.82) is 0 Å². The van der Waals surface area contributed by atoms with Crippen LogP contribution >= 0.6 is 0 Å². The lowest BCUT2D eigenvalue weighted by Gasteiger charge is -2.44. The molecule has 5 aliphatic heterocycles. The number of aromatic nitrogens is 3. The third-order valence-corrected chi connectivity index (χ3v) is 11.2. The Morgan fingerprint density at radius 3 is 2.37 bits per heavy atom. The zero-order valence-corrected chi connectivity index (χ0v) is 29.8. The monoisotopic (exact) mass is 735 g/mol. The van der Waals surface area contributed by atoms with Gasteiger partial charge in [-0.15, -0.1) is 0 Å². The molecule has 1 unspecified atom stereocenters. The topological polar surface area (TPSA) is 164 Å². The third-order valence-electron chi connectivity index (χ3n) is 11.2. The zero-order valence-electron chi connectivity index (χ0n) is 29.8. The van der Waals surface area contributed by atoms with Crippen LogP contribution in [0.1, 0.15) is 64.9 Å². The summed E-state index contributed by atoms with van der Waals surface area (Å²) < 4.78 is 14.5. The molecular weight excluding hydrogens is 693 g/mol. The van der Waals surface area contributed by atoms with Crippen LogP contribution in [0.3, 0.4) is 0 Å². The van der Waals surface area contributed by atoms with Gasteiger partial charge in [0.05, 0.1) is 29.2 Å². The van der Waals surface area contributed by atoms with Crippen LogP contribution in [0.25, 0.3) is 0 Å². The fraction of sp³-hybridized carbons (Fsp3) is 0.462. The Bertz CT molecular complexity index is 2010. The maximum absolute atomic E-state index is 14.5. The fourth-order valence-corrected chi connectivity index (χ4v) is 7.99. The second-order valence-electron chi connectivity index (χ2n) is 14.8. The van der Waals surface area contributed by atoms with Crippen molar-refractivity contribution in [3.8, 4) is 11.8 Å². The molecule has 4 saturated heterocycles. The number of hydrogen-bond donors (Lipinski definition) is 3. The number of piperidine rings is 3. The van der Waals surface area contributed by atoms with Crippen molar-refractivity contribution < 1.29 is 28.7 Å². The first-order valence-electron chi connectivity index (χ1n) is 18.7. The standard InChI is InChI=1S/C39H42FN9O5/c40-32-19-42-39(45-35(32)47-15-11-25(23-50)12-16-47)43-28-4-3-27(41-18-28)2-1-24-9-13-46(14-10-24)20-26-21-48(22-26)29-5-6-30-31(17-29)38(54)49(37(30)53)33-7-8-34(51)44-36(33)52/h3-6,17-19,24-26,33,50H,7-16,20-23H2,(H,42,43,45)(H,44,51,52). The Morgan fingerprint density at radius 2 is 1.65 bits per heavy atom. The fourth-order valence-electron chi connectivity index (χ4n) is 7.99. The molecule has 2 aromatic heterocycles. The van der Waals surface area contributed by atoms with Gasteiger partial charge >= 0.3 is 0 Å². The number of aliphatic hydroxyl groups is 1. The maximum Gasteiger partial charge on any atom is 0.262 e. The average molecular weight is 736 g/mol. The highest BCUT2D eigenvalue weighted by Gasteiger charge is 2.45. The van der Waals surface area contributed by atoms with Crippen LogP contribution < -0.4 is 20.4 Å². The molecule has 14 nitrogen and oxygen atoms in total. The second kappa shape index (κ2) is 15.1. The number of carbonyl (C=O) groups excluding carboxylic acids is 4. The number of benzene rings is 1. The van der Waals surface area contributed by atoms with Crippen LogP contribution in [0, 0.1) is 35.4 Å². The van der Waals surface area contributed by atoms with E-state index in [1.165, 1.54) is 6.20 Å². The molecular formula is C39H42FN9O5. The summed E-state index contributed by atoms with van der Waals surface area (Å²) in [6, 6.07) is 8.01. The lowest BCUT2D eigenvalue weighted by atomic mass is 9.93. The summed E-state index contributed by atoms with van der Waals surface area (Å²) in [5, 5.41) is 14.7. The number of rotatable bonds is 8. The normalized spacial score (nSPS) is 21.4. The van der Waals surface area contributed by atoms with Crippen molar-refractivity contribution in [1.82, 2.24) is 30.1 Å². The molecule has 4 fully saturated rings. The number of nitrogens with one attached hydrogen (secondary N) is 2. The number of imide groups is 2. The van der Waals surface area contributed by atoms with Gasteiger partial charge in [0.1, 0.15) is 11.7 Å². The summed E-state index contributed by atoms with van der Waals surface area (Å²) in [4.78, 5) is 70.8. The van der Waals surface area contributed by atoms with E-state index in [0.717, 1.165) is 69.0 Å². The summed E-state index contributed by atoms with van der Waals surface area (Å²) >= 11 is 0. The van der Waals surface area contributed by atoms with Gasteiger partial charge < -0.3 is 25.1 Å². The molecule has 280 valence electrons. The van der Waals surface area contributed by atoms with E-state index in [4.69, 9.17) is 0 Å². The number of carbonyl (C=O) groups is 4. The predicted octanol–water partition coefficient (Wildman–Crippen LogP) is 2.56. The quantitative estimate of drug-likeness (QED) is 0.229. The van der Waals surface area contributed by atoms with Gasteiger partial charge in [0, 0.05) is 63.3 Å².